The molecule has 0 saturated carbocycles. The Morgan fingerprint density at radius 3 is 2.69 bits per heavy atom. The topological polar surface area (TPSA) is 76.1 Å². The number of nitrogens with zero attached hydrogens (tertiary/aromatic N) is 2. The summed E-state index contributed by atoms with van der Waals surface area (Å²) in [5.74, 6) is 0.639. The lowest BCUT2D eigenvalue weighted by Gasteiger charge is -2.23. The number of nitrogens with one attached hydrogen (secondary N) is 2. The number of halogens is 1. The first-order valence-electron chi connectivity index (χ1n) is 9.45. The van der Waals surface area contributed by atoms with Crippen LogP contribution in [0, 0.1) is 0 Å². The van der Waals surface area contributed by atoms with Crippen LogP contribution < -0.4 is 10.6 Å². The molecule has 1 amide bonds. The molecular formula is C22H25ClN4O2. The highest BCUT2D eigenvalue weighted by atomic mass is 35.5. The number of amides is 1. The van der Waals surface area contributed by atoms with E-state index in [4.69, 9.17) is 21.3 Å². The Bertz CT molecular complexity index is 1000. The molecule has 0 bridgehead atoms. The minimum atomic E-state index is -0.570. The van der Waals surface area contributed by atoms with Gasteiger partial charge in [-0.1, -0.05) is 29.8 Å². The number of benzene rings is 1. The molecule has 7 heteroatoms. The van der Waals surface area contributed by atoms with E-state index in [0.29, 0.717) is 22.9 Å². The van der Waals surface area contributed by atoms with Crippen LogP contribution in [0.3, 0.4) is 0 Å². The van der Waals surface area contributed by atoms with Crippen LogP contribution in [0.4, 0.5) is 10.6 Å². The summed E-state index contributed by atoms with van der Waals surface area (Å²) in [6.07, 6.45) is 1.27. The fourth-order valence-corrected chi connectivity index (χ4v) is 3.11. The summed E-state index contributed by atoms with van der Waals surface area (Å²) in [4.78, 5) is 21.3. The van der Waals surface area contributed by atoms with Crippen molar-refractivity contribution in [2.45, 2.75) is 45.9 Å². The number of para-hydroxylation sites is 1. The van der Waals surface area contributed by atoms with Crippen LogP contribution in [-0.4, -0.2) is 21.7 Å². The first-order valence-corrected chi connectivity index (χ1v) is 9.83. The summed E-state index contributed by atoms with van der Waals surface area (Å²) in [7, 11) is 0. The van der Waals surface area contributed by atoms with E-state index in [0.717, 1.165) is 16.6 Å². The number of carbonyl (C=O) groups excluding carboxylic acids is 1. The maximum atomic E-state index is 12.2. The fourth-order valence-electron chi connectivity index (χ4n) is 2.89. The van der Waals surface area contributed by atoms with Crippen molar-refractivity contribution in [1.82, 2.24) is 15.3 Å². The molecule has 152 valence electrons. The highest BCUT2D eigenvalue weighted by Crippen LogP contribution is 2.30. The normalized spacial score (nSPS) is 12.4. The Balaban J connectivity index is 1.91. The first-order chi connectivity index (χ1) is 13.7. The van der Waals surface area contributed by atoms with Gasteiger partial charge in [0, 0.05) is 17.1 Å². The van der Waals surface area contributed by atoms with Crippen LogP contribution >= 0.6 is 11.6 Å². The van der Waals surface area contributed by atoms with E-state index in [1.165, 1.54) is 0 Å². The van der Waals surface area contributed by atoms with Gasteiger partial charge in [0.1, 0.15) is 11.4 Å². The predicted molar refractivity (Wildman–Crippen MR) is 116 cm³/mol. The first kappa shape index (κ1) is 20.9. The molecule has 3 aromatic rings. The van der Waals surface area contributed by atoms with Crippen LogP contribution in [0.2, 0.25) is 5.02 Å². The lowest BCUT2D eigenvalue weighted by atomic mass is 10.1. The SMILES string of the molecule is CC(NC(=O)OC(C)(C)C)c1cc2cccc(Cl)c2nc1NCc1ccccn1. The zero-order valence-corrected chi connectivity index (χ0v) is 17.7. The third-order valence-electron chi connectivity index (χ3n) is 4.19. The molecule has 3 rings (SSSR count). The monoisotopic (exact) mass is 412 g/mol. The number of aromatic nitrogens is 2. The molecule has 0 saturated heterocycles. The van der Waals surface area contributed by atoms with E-state index in [1.54, 1.807) is 6.20 Å². The molecule has 0 radical (unpaired) electrons. The van der Waals surface area contributed by atoms with Crippen molar-refractivity contribution >= 4 is 34.4 Å². The number of ether oxygens (including phenoxy) is 1. The molecule has 1 atom stereocenters. The molecule has 1 unspecified atom stereocenters. The molecule has 1 aromatic carbocycles. The van der Waals surface area contributed by atoms with Crippen molar-refractivity contribution in [1.29, 1.82) is 0 Å². The van der Waals surface area contributed by atoms with Crippen LogP contribution in [0.15, 0.2) is 48.7 Å². The lowest BCUT2D eigenvalue weighted by molar-refractivity contribution is 0.0508. The summed E-state index contributed by atoms with van der Waals surface area (Å²) in [6, 6.07) is 13.0. The van der Waals surface area contributed by atoms with Gasteiger partial charge in [0.15, 0.2) is 0 Å². The van der Waals surface area contributed by atoms with Crippen LogP contribution in [0.1, 0.15) is 45.0 Å². The minimum Gasteiger partial charge on any atom is -0.444 e. The molecule has 0 aliphatic carbocycles. The van der Waals surface area contributed by atoms with Gasteiger partial charge in [-0.2, -0.15) is 0 Å². The average molecular weight is 413 g/mol. The van der Waals surface area contributed by atoms with Crippen molar-refractivity contribution in [3.63, 3.8) is 0 Å². The summed E-state index contributed by atoms with van der Waals surface area (Å²) in [5.41, 5.74) is 1.85. The number of hydrogen-bond donors (Lipinski definition) is 2. The van der Waals surface area contributed by atoms with Crippen molar-refractivity contribution in [2.24, 2.45) is 0 Å². The molecular weight excluding hydrogens is 388 g/mol. The quantitative estimate of drug-likeness (QED) is 0.580. The smallest absolute Gasteiger partial charge is 0.408 e. The number of pyridine rings is 2. The Hall–Kier alpha value is -2.86. The molecule has 29 heavy (non-hydrogen) atoms. The van der Waals surface area contributed by atoms with Crippen molar-refractivity contribution in [3.8, 4) is 0 Å². The maximum Gasteiger partial charge on any atom is 0.408 e. The molecule has 2 N–H and O–H groups in total. The third-order valence-corrected chi connectivity index (χ3v) is 4.49. The fraction of sp³-hybridized carbons (Fsp3) is 0.318. The Labute approximate surface area is 175 Å². The number of anilines is 1. The van der Waals surface area contributed by atoms with Gasteiger partial charge >= 0.3 is 6.09 Å². The van der Waals surface area contributed by atoms with E-state index in [2.05, 4.69) is 15.6 Å². The Kier molecular flexibility index (Phi) is 6.23. The Morgan fingerprint density at radius 1 is 1.21 bits per heavy atom. The number of fused-ring (bicyclic) bond motifs is 1. The molecule has 2 aromatic heterocycles. The Morgan fingerprint density at radius 2 is 2.00 bits per heavy atom. The highest BCUT2D eigenvalue weighted by molar-refractivity contribution is 6.35. The van der Waals surface area contributed by atoms with Crippen molar-refractivity contribution in [2.75, 3.05) is 5.32 Å². The molecule has 2 heterocycles. The minimum absolute atomic E-state index is 0.327. The van der Waals surface area contributed by atoms with Crippen LogP contribution in [0.5, 0.6) is 0 Å². The molecule has 0 aliphatic heterocycles. The number of rotatable bonds is 5. The summed E-state index contributed by atoms with van der Waals surface area (Å²) in [6.45, 7) is 7.88. The zero-order valence-electron chi connectivity index (χ0n) is 17.0. The van der Waals surface area contributed by atoms with Gasteiger partial charge in [0.25, 0.3) is 0 Å². The third kappa shape index (κ3) is 5.57. The van der Waals surface area contributed by atoms with Gasteiger partial charge in [0.05, 0.1) is 28.8 Å². The van der Waals surface area contributed by atoms with Crippen molar-refractivity contribution in [3.05, 3.63) is 64.9 Å². The van der Waals surface area contributed by atoms with Gasteiger partial charge in [-0.15, -0.1) is 0 Å². The van der Waals surface area contributed by atoms with Gasteiger partial charge in [-0.25, -0.2) is 9.78 Å². The van der Waals surface area contributed by atoms with Crippen LogP contribution in [-0.2, 0) is 11.3 Å². The molecule has 0 fully saturated rings. The summed E-state index contributed by atoms with van der Waals surface area (Å²) < 4.78 is 5.38. The van der Waals surface area contributed by atoms with E-state index < -0.39 is 11.7 Å². The standard InChI is InChI=1S/C22H25ClN4O2/c1-14(26-21(28)29-22(2,3)4)17-12-15-8-7-10-18(23)19(15)27-20(17)25-13-16-9-5-6-11-24-16/h5-12,14H,13H2,1-4H3,(H,25,27)(H,26,28). The zero-order chi connectivity index (χ0) is 21.0. The summed E-state index contributed by atoms with van der Waals surface area (Å²) in [5, 5.41) is 7.68. The van der Waals surface area contributed by atoms with Crippen molar-refractivity contribution < 1.29 is 9.53 Å². The average Bonchev–Trinajstić information content (AvgIpc) is 2.65. The van der Waals surface area contributed by atoms with Gasteiger partial charge in [-0.05, 0) is 52.0 Å². The second-order valence-electron chi connectivity index (χ2n) is 7.78. The van der Waals surface area contributed by atoms with Gasteiger partial charge in [0.2, 0.25) is 0 Å². The predicted octanol–water partition coefficient (Wildman–Crippen LogP) is 5.48. The highest BCUT2D eigenvalue weighted by Gasteiger charge is 2.21. The molecule has 0 spiro atoms. The molecule has 0 aliphatic rings. The molecule has 6 nitrogen and oxygen atoms in total. The van der Waals surface area contributed by atoms with Gasteiger partial charge in [-0.3, -0.25) is 4.98 Å². The second-order valence-corrected chi connectivity index (χ2v) is 8.19. The summed E-state index contributed by atoms with van der Waals surface area (Å²) >= 11 is 6.34. The van der Waals surface area contributed by atoms with Crippen LogP contribution in [0.25, 0.3) is 10.9 Å². The largest absolute Gasteiger partial charge is 0.444 e. The van der Waals surface area contributed by atoms with E-state index in [1.807, 2.05) is 70.2 Å². The number of carbonyl (C=O) groups is 1. The number of hydrogen-bond acceptors (Lipinski definition) is 5. The van der Waals surface area contributed by atoms with E-state index >= 15 is 0 Å². The number of alkyl carbamates (subject to hydrolysis) is 1. The van der Waals surface area contributed by atoms with Gasteiger partial charge < -0.3 is 15.4 Å². The van der Waals surface area contributed by atoms with E-state index in [9.17, 15) is 4.79 Å². The van der Waals surface area contributed by atoms with E-state index in [-0.39, 0.29) is 6.04 Å². The maximum absolute atomic E-state index is 12.2. The second kappa shape index (κ2) is 8.66. The lowest BCUT2D eigenvalue weighted by Crippen LogP contribution is -2.34.